The van der Waals surface area contributed by atoms with Crippen LogP contribution in [0.3, 0.4) is 0 Å². The predicted molar refractivity (Wildman–Crippen MR) is 147 cm³/mol. The van der Waals surface area contributed by atoms with Crippen LogP contribution in [0.2, 0.25) is 0 Å². The Hall–Kier alpha value is -4.91. The van der Waals surface area contributed by atoms with E-state index in [1.807, 2.05) is 25.2 Å². The molecule has 1 atom stereocenters. The molecule has 0 aliphatic carbocycles. The highest BCUT2D eigenvalue weighted by Crippen LogP contribution is 2.50. The highest BCUT2D eigenvalue weighted by molar-refractivity contribution is 5.95. The Morgan fingerprint density at radius 3 is 2.45 bits per heavy atom. The summed E-state index contributed by atoms with van der Waals surface area (Å²) in [4.78, 5) is 31.5. The van der Waals surface area contributed by atoms with Gasteiger partial charge in [0, 0.05) is 43.9 Å². The van der Waals surface area contributed by atoms with Crippen LogP contribution in [0.5, 0.6) is 17.2 Å². The van der Waals surface area contributed by atoms with Gasteiger partial charge in [-0.2, -0.15) is 4.68 Å². The van der Waals surface area contributed by atoms with E-state index < -0.39 is 0 Å². The van der Waals surface area contributed by atoms with Crippen molar-refractivity contribution in [2.45, 2.75) is 12.5 Å². The zero-order valence-corrected chi connectivity index (χ0v) is 23.2. The molecule has 3 aliphatic heterocycles. The van der Waals surface area contributed by atoms with E-state index in [-0.39, 0.29) is 24.6 Å². The molecule has 0 unspecified atom stereocenters. The Labute approximate surface area is 241 Å². The van der Waals surface area contributed by atoms with Crippen molar-refractivity contribution in [2.75, 3.05) is 53.7 Å². The monoisotopic (exact) mass is 571 g/mol. The third-order valence-electron chi connectivity index (χ3n) is 8.08. The first-order valence-electron chi connectivity index (χ1n) is 13.7. The van der Waals surface area contributed by atoms with Gasteiger partial charge in [0.05, 0.1) is 19.1 Å². The van der Waals surface area contributed by atoms with Crippen molar-refractivity contribution in [3.8, 4) is 22.9 Å². The summed E-state index contributed by atoms with van der Waals surface area (Å²) in [5, 5.41) is 12.7. The Morgan fingerprint density at radius 1 is 0.976 bits per heavy atom. The van der Waals surface area contributed by atoms with E-state index >= 15 is 0 Å². The maximum Gasteiger partial charge on any atom is 0.289 e. The Bertz CT molecular complexity index is 1630. The number of aromatic nitrogens is 4. The van der Waals surface area contributed by atoms with Crippen LogP contribution in [0, 0.1) is 0 Å². The lowest BCUT2D eigenvalue weighted by molar-refractivity contribution is 0.0518. The van der Waals surface area contributed by atoms with Crippen LogP contribution in [0.15, 0.2) is 53.1 Å². The molecule has 0 radical (unpaired) electrons. The molecule has 2 aromatic carbocycles. The summed E-state index contributed by atoms with van der Waals surface area (Å²) in [6, 6.07) is 12.3. The van der Waals surface area contributed by atoms with Gasteiger partial charge in [-0.25, -0.2) is 0 Å². The van der Waals surface area contributed by atoms with E-state index in [1.165, 1.54) is 6.26 Å². The van der Waals surface area contributed by atoms with Crippen LogP contribution in [-0.2, 0) is 6.42 Å². The summed E-state index contributed by atoms with van der Waals surface area (Å²) in [5.41, 5.74) is 3.32. The summed E-state index contributed by atoms with van der Waals surface area (Å²) >= 11 is 0. The minimum absolute atomic E-state index is 0.0923. The summed E-state index contributed by atoms with van der Waals surface area (Å²) < 4.78 is 24.1. The Kier molecular flexibility index (Phi) is 6.50. The molecular formula is C29H29N7O6. The van der Waals surface area contributed by atoms with E-state index in [0.29, 0.717) is 60.6 Å². The number of rotatable bonds is 5. The number of hydrogen-bond acceptors (Lipinski definition) is 10. The van der Waals surface area contributed by atoms with Gasteiger partial charge >= 0.3 is 0 Å². The van der Waals surface area contributed by atoms with Crippen LogP contribution in [-0.4, -0.2) is 100 Å². The van der Waals surface area contributed by atoms with Gasteiger partial charge in [0.15, 0.2) is 23.1 Å². The standard InChI is InChI=1S/C29H29N7O6/c1-33-10-9-19-16-22-25(42-17-41-22)26(39-2)23(19)24(33)27-30-31-32-36(27)20-7-5-18(6-8-20)28(37)34-11-13-35(14-12-34)29(38)21-4-3-15-40-21/h3-8,15-16,24H,9-14,17H2,1-2H3/t24-/m1/s1. The minimum Gasteiger partial charge on any atom is -0.492 e. The summed E-state index contributed by atoms with van der Waals surface area (Å²) in [7, 11) is 3.65. The van der Waals surface area contributed by atoms with E-state index in [1.54, 1.807) is 45.9 Å². The van der Waals surface area contributed by atoms with Crippen molar-refractivity contribution >= 4 is 11.8 Å². The molecule has 7 rings (SSSR count). The van der Waals surface area contributed by atoms with E-state index in [4.69, 9.17) is 18.6 Å². The van der Waals surface area contributed by atoms with Crippen molar-refractivity contribution in [3.63, 3.8) is 0 Å². The highest BCUT2D eigenvalue weighted by Gasteiger charge is 2.38. The molecule has 3 aliphatic rings. The number of hydrogen-bond donors (Lipinski definition) is 0. The molecule has 4 aromatic rings. The van der Waals surface area contributed by atoms with Crippen molar-refractivity contribution in [3.05, 3.63) is 77.0 Å². The Balaban J connectivity index is 1.11. The van der Waals surface area contributed by atoms with Crippen LogP contribution in [0.1, 0.15) is 43.9 Å². The van der Waals surface area contributed by atoms with Crippen molar-refractivity contribution in [1.29, 1.82) is 0 Å². The molecule has 2 aromatic heterocycles. The number of ether oxygens (including phenoxy) is 3. The van der Waals surface area contributed by atoms with Gasteiger partial charge in [0.2, 0.25) is 12.5 Å². The Morgan fingerprint density at radius 2 is 1.74 bits per heavy atom. The fourth-order valence-electron chi connectivity index (χ4n) is 5.90. The summed E-state index contributed by atoms with van der Waals surface area (Å²) in [6.07, 6.45) is 2.30. The van der Waals surface area contributed by atoms with E-state index in [9.17, 15) is 9.59 Å². The number of tetrazole rings is 1. The molecule has 1 saturated heterocycles. The number of amides is 2. The number of likely N-dealkylation sites (N-methyl/N-ethyl adjacent to an activating group) is 1. The molecule has 13 nitrogen and oxygen atoms in total. The maximum absolute atomic E-state index is 13.3. The van der Waals surface area contributed by atoms with E-state index in [0.717, 1.165) is 29.8 Å². The second-order valence-electron chi connectivity index (χ2n) is 10.4. The fraction of sp³-hybridized carbons (Fsp3) is 0.345. The predicted octanol–water partition coefficient (Wildman–Crippen LogP) is 2.17. The zero-order chi connectivity index (χ0) is 28.8. The molecule has 0 N–H and O–H groups in total. The van der Waals surface area contributed by atoms with Gasteiger partial charge in [-0.05, 0) is 71.9 Å². The first-order chi connectivity index (χ1) is 20.5. The highest BCUT2D eigenvalue weighted by atomic mass is 16.7. The third-order valence-corrected chi connectivity index (χ3v) is 8.08. The average Bonchev–Trinajstić information content (AvgIpc) is 3.82. The molecule has 0 spiro atoms. The van der Waals surface area contributed by atoms with Gasteiger partial charge in [0.1, 0.15) is 6.04 Å². The van der Waals surface area contributed by atoms with Crippen LogP contribution in [0.25, 0.3) is 5.69 Å². The summed E-state index contributed by atoms with van der Waals surface area (Å²) in [6.45, 7) is 2.71. The number of benzene rings is 2. The molecule has 216 valence electrons. The average molecular weight is 572 g/mol. The van der Waals surface area contributed by atoms with Crippen LogP contribution < -0.4 is 14.2 Å². The lowest BCUT2D eigenvalue weighted by Gasteiger charge is -2.35. The number of piperazine rings is 1. The minimum atomic E-state index is -0.297. The molecule has 0 saturated carbocycles. The van der Waals surface area contributed by atoms with Gasteiger partial charge in [-0.1, -0.05) is 0 Å². The quantitative estimate of drug-likeness (QED) is 0.352. The fourth-order valence-corrected chi connectivity index (χ4v) is 5.90. The molecular weight excluding hydrogens is 542 g/mol. The maximum atomic E-state index is 13.3. The lowest BCUT2D eigenvalue weighted by atomic mass is 9.90. The molecule has 0 bridgehead atoms. The van der Waals surface area contributed by atoms with Crippen LogP contribution >= 0.6 is 0 Å². The van der Waals surface area contributed by atoms with Gasteiger partial charge in [0.25, 0.3) is 11.8 Å². The topological polar surface area (TPSA) is 128 Å². The van der Waals surface area contributed by atoms with Gasteiger partial charge < -0.3 is 28.4 Å². The second kappa shape index (κ2) is 10.5. The van der Waals surface area contributed by atoms with Gasteiger partial charge in [-0.3, -0.25) is 14.5 Å². The van der Waals surface area contributed by atoms with Crippen molar-refractivity contribution in [2.24, 2.45) is 0 Å². The number of nitrogens with zero attached hydrogens (tertiary/aromatic N) is 7. The van der Waals surface area contributed by atoms with E-state index in [2.05, 4.69) is 20.4 Å². The first-order valence-corrected chi connectivity index (χ1v) is 13.7. The number of fused-ring (bicyclic) bond motifs is 2. The van der Waals surface area contributed by atoms with Crippen LogP contribution in [0.4, 0.5) is 0 Å². The zero-order valence-electron chi connectivity index (χ0n) is 23.2. The lowest BCUT2D eigenvalue weighted by Crippen LogP contribution is -2.50. The van der Waals surface area contributed by atoms with Gasteiger partial charge in [-0.15, -0.1) is 5.10 Å². The van der Waals surface area contributed by atoms with Crippen molar-refractivity contribution < 1.29 is 28.2 Å². The number of carbonyl (C=O) groups is 2. The molecule has 2 amide bonds. The molecule has 1 fully saturated rings. The normalized spacial score (nSPS) is 18.2. The summed E-state index contributed by atoms with van der Waals surface area (Å²) in [5.74, 6) is 2.56. The SMILES string of the molecule is COc1c2c(cc3c1[C@H](c1nnnn1-c1ccc(C(=O)N4CCN(C(=O)c5ccco5)CC4)cc1)N(C)CC3)OCO2. The third kappa shape index (κ3) is 4.33. The van der Waals surface area contributed by atoms with Crippen molar-refractivity contribution in [1.82, 2.24) is 34.9 Å². The number of carbonyl (C=O) groups excluding carboxylic acids is 2. The second-order valence-corrected chi connectivity index (χ2v) is 10.4. The number of methoxy groups -OCH3 is 1. The first kappa shape index (κ1) is 26.0. The smallest absolute Gasteiger partial charge is 0.289 e. The number of furan rings is 1. The molecule has 5 heterocycles. The molecule has 42 heavy (non-hydrogen) atoms. The molecule has 13 heteroatoms. The largest absolute Gasteiger partial charge is 0.492 e.